The Hall–Kier alpha value is -1.64. The Morgan fingerprint density at radius 2 is 1.88 bits per heavy atom. The van der Waals surface area contributed by atoms with Gasteiger partial charge < -0.3 is 4.90 Å². The summed E-state index contributed by atoms with van der Waals surface area (Å²) in [7, 11) is 3.21. The average Bonchev–Trinajstić information content (AvgIpc) is 2.63. The van der Waals surface area contributed by atoms with Crippen LogP contribution in [0.2, 0.25) is 0 Å². The van der Waals surface area contributed by atoms with Gasteiger partial charge in [0.15, 0.2) is 0 Å². The molecule has 0 aromatic heterocycles. The highest BCUT2D eigenvalue weighted by molar-refractivity contribution is 7.99. The van der Waals surface area contributed by atoms with E-state index in [0.717, 1.165) is 4.90 Å². The van der Waals surface area contributed by atoms with Crippen LogP contribution >= 0.6 is 11.8 Å². The maximum atomic E-state index is 14.0. The molecule has 2 saturated heterocycles. The molecule has 0 bridgehead atoms. The van der Waals surface area contributed by atoms with Crippen molar-refractivity contribution in [3.8, 4) is 0 Å². The lowest BCUT2D eigenvalue weighted by molar-refractivity contribution is -0.140. The van der Waals surface area contributed by atoms with Crippen LogP contribution in [-0.4, -0.2) is 53.5 Å². The molecule has 2 N–H and O–H groups in total. The molecule has 2 heterocycles. The van der Waals surface area contributed by atoms with Gasteiger partial charge in [0.1, 0.15) is 5.82 Å². The van der Waals surface area contributed by atoms with E-state index in [1.807, 2.05) is 0 Å². The molecule has 26 heavy (non-hydrogen) atoms. The zero-order chi connectivity index (χ0) is 19.0. The van der Waals surface area contributed by atoms with Gasteiger partial charge in [-0.05, 0) is 17.5 Å². The standard InChI is InChI=1S/C18H25FN4O2S/c1-10(2)14-20-15-13(17(24)23(4)18(25)22(15)3)16(21-14)26-9-11-7-5-6-8-12(11)19/h5-8,10,13-16,20-21H,9H2,1-4H3. The monoisotopic (exact) mass is 380 g/mol. The van der Waals surface area contributed by atoms with Crippen LogP contribution < -0.4 is 10.6 Å². The maximum absolute atomic E-state index is 14.0. The second-order valence-electron chi connectivity index (χ2n) is 7.14. The van der Waals surface area contributed by atoms with Crippen LogP contribution in [0.1, 0.15) is 19.4 Å². The van der Waals surface area contributed by atoms with Crippen molar-refractivity contribution in [2.75, 3.05) is 14.1 Å². The minimum absolute atomic E-state index is 0.0409. The molecular formula is C18H25FN4O2S. The van der Waals surface area contributed by atoms with Crippen molar-refractivity contribution in [2.45, 2.75) is 37.3 Å². The summed E-state index contributed by atoms with van der Waals surface area (Å²) in [6, 6.07) is 6.35. The van der Waals surface area contributed by atoms with Gasteiger partial charge in [-0.3, -0.25) is 20.3 Å². The van der Waals surface area contributed by atoms with Crippen molar-refractivity contribution >= 4 is 23.7 Å². The fraction of sp³-hybridized carbons (Fsp3) is 0.556. The Kier molecular flexibility index (Phi) is 5.55. The van der Waals surface area contributed by atoms with Gasteiger partial charge in [-0.25, -0.2) is 9.18 Å². The summed E-state index contributed by atoms with van der Waals surface area (Å²) in [4.78, 5) is 27.8. The number of nitrogens with zero attached hydrogens (tertiary/aromatic N) is 2. The third kappa shape index (κ3) is 3.45. The van der Waals surface area contributed by atoms with Gasteiger partial charge in [-0.2, -0.15) is 0 Å². The summed E-state index contributed by atoms with van der Waals surface area (Å²) in [6.45, 7) is 4.14. The molecule has 2 fully saturated rings. The van der Waals surface area contributed by atoms with Gasteiger partial charge in [0, 0.05) is 19.8 Å². The third-order valence-electron chi connectivity index (χ3n) is 5.03. The molecule has 0 radical (unpaired) electrons. The number of hydrogen-bond acceptors (Lipinski definition) is 5. The van der Waals surface area contributed by atoms with Crippen molar-refractivity contribution < 1.29 is 14.0 Å². The number of imide groups is 1. The van der Waals surface area contributed by atoms with Gasteiger partial charge in [-0.1, -0.05) is 32.0 Å². The van der Waals surface area contributed by atoms with Crippen LogP contribution in [0.5, 0.6) is 0 Å². The number of amides is 3. The van der Waals surface area contributed by atoms with Crippen molar-refractivity contribution in [2.24, 2.45) is 11.8 Å². The van der Waals surface area contributed by atoms with E-state index < -0.39 is 5.92 Å². The molecule has 4 atom stereocenters. The Balaban J connectivity index is 1.84. The smallest absolute Gasteiger partial charge is 0.311 e. The Morgan fingerprint density at radius 3 is 2.54 bits per heavy atom. The first kappa shape index (κ1) is 19.1. The number of fused-ring (bicyclic) bond motifs is 1. The maximum Gasteiger partial charge on any atom is 0.327 e. The summed E-state index contributed by atoms with van der Waals surface area (Å²) in [5.41, 5.74) is 0.608. The predicted octanol–water partition coefficient (Wildman–Crippen LogP) is 2.03. The van der Waals surface area contributed by atoms with Crippen LogP contribution in [0.15, 0.2) is 24.3 Å². The molecule has 1 aromatic carbocycles. The lowest BCUT2D eigenvalue weighted by Crippen LogP contribution is -2.75. The molecule has 0 saturated carbocycles. The average molecular weight is 380 g/mol. The van der Waals surface area contributed by atoms with E-state index in [9.17, 15) is 14.0 Å². The van der Waals surface area contributed by atoms with Gasteiger partial charge >= 0.3 is 6.03 Å². The highest BCUT2D eigenvalue weighted by Crippen LogP contribution is 2.33. The minimum atomic E-state index is -0.436. The molecule has 2 aliphatic heterocycles. The highest BCUT2D eigenvalue weighted by atomic mass is 32.2. The zero-order valence-electron chi connectivity index (χ0n) is 15.4. The zero-order valence-corrected chi connectivity index (χ0v) is 16.2. The second kappa shape index (κ2) is 7.54. The van der Waals surface area contributed by atoms with Gasteiger partial charge in [0.2, 0.25) is 5.91 Å². The number of halogens is 1. The Labute approximate surface area is 157 Å². The van der Waals surface area contributed by atoms with E-state index in [1.165, 1.54) is 24.9 Å². The molecule has 3 amide bonds. The molecule has 0 spiro atoms. The fourth-order valence-corrected chi connectivity index (χ4v) is 4.71. The molecule has 3 rings (SSSR count). The Morgan fingerprint density at radius 1 is 1.19 bits per heavy atom. The van der Waals surface area contributed by atoms with Gasteiger partial charge in [0.05, 0.1) is 23.6 Å². The van der Waals surface area contributed by atoms with Crippen molar-refractivity contribution in [3.63, 3.8) is 0 Å². The van der Waals surface area contributed by atoms with Gasteiger partial charge in [0.25, 0.3) is 0 Å². The third-order valence-corrected chi connectivity index (χ3v) is 6.29. The molecule has 8 heteroatoms. The summed E-state index contributed by atoms with van der Waals surface area (Å²) in [6.07, 6.45) is -0.418. The topological polar surface area (TPSA) is 64.7 Å². The molecule has 0 aliphatic carbocycles. The lowest BCUT2D eigenvalue weighted by atomic mass is 9.95. The molecule has 2 aliphatic rings. The van der Waals surface area contributed by atoms with Crippen LogP contribution in [0.3, 0.4) is 0 Å². The number of hydrogen-bond donors (Lipinski definition) is 2. The number of carbonyl (C=O) groups is 2. The van der Waals surface area contributed by atoms with E-state index >= 15 is 0 Å². The predicted molar refractivity (Wildman–Crippen MR) is 99.6 cm³/mol. The first-order valence-electron chi connectivity index (χ1n) is 8.72. The quantitative estimate of drug-likeness (QED) is 0.837. The highest BCUT2D eigenvalue weighted by Gasteiger charge is 2.51. The number of urea groups is 1. The largest absolute Gasteiger partial charge is 0.327 e. The van der Waals surface area contributed by atoms with E-state index in [0.29, 0.717) is 11.3 Å². The number of nitrogens with one attached hydrogen (secondary N) is 2. The molecule has 1 aromatic rings. The summed E-state index contributed by atoms with van der Waals surface area (Å²) in [5, 5.41) is 6.63. The van der Waals surface area contributed by atoms with E-state index in [-0.39, 0.29) is 41.4 Å². The van der Waals surface area contributed by atoms with Crippen LogP contribution in [0.4, 0.5) is 9.18 Å². The van der Waals surface area contributed by atoms with Crippen molar-refractivity contribution in [1.29, 1.82) is 0 Å². The normalized spacial score (nSPS) is 29.3. The van der Waals surface area contributed by atoms with E-state index in [2.05, 4.69) is 24.5 Å². The second-order valence-corrected chi connectivity index (χ2v) is 8.27. The summed E-state index contributed by atoms with van der Waals surface area (Å²) < 4.78 is 14.0. The van der Waals surface area contributed by atoms with Crippen LogP contribution in [-0.2, 0) is 10.5 Å². The first-order chi connectivity index (χ1) is 12.3. The van der Waals surface area contributed by atoms with Crippen molar-refractivity contribution in [1.82, 2.24) is 20.4 Å². The first-order valence-corrected chi connectivity index (χ1v) is 9.77. The number of thioether (sulfide) groups is 1. The Bertz CT molecular complexity index is 702. The summed E-state index contributed by atoms with van der Waals surface area (Å²) >= 11 is 1.50. The minimum Gasteiger partial charge on any atom is -0.311 e. The van der Waals surface area contributed by atoms with E-state index in [4.69, 9.17) is 0 Å². The molecular weight excluding hydrogens is 355 g/mol. The lowest BCUT2D eigenvalue weighted by Gasteiger charge is -2.51. The molecule has 6 nitrogen and oxygen atoms in total. The number of rotatable bonds is 4. The molecule has 4 unspecified atom stereocenters. The van der Waals surface area contributed by atoms with Crippen LogP contribution in [0, 0.1) is 17.7 Å². The number of benzene rings is 1. The number of carbonyl (C=O) groups excluding carboxylic acids is 2. The van der Waals surface area contributed by atoms with Crippen LogP contribution in [0.25, 0.3) is 0 Å². The SMILES string of the molecule is CC(C)C1NC(SCc2ccccc2F)C2C(=O)N(C)C(=O)N(C)C2N1. The summed E-state index contributed by atoms with van der Waals surface area (Å²) in [5.74, 6) is -0.176. The molecule has 142 valence electrons. The fourth-order valence-electron chi connectivity index (χ4n) is 3.40. The van der Waals surface area contributed by atoms with E-state index in [1.54, 1.807) is 30.1 Å². The van der Waals surface area contributed by atoms with Crippen molar-refractivity contribution in [3.05, 3.63) is 35.6 Å². The van der Waals surface area contributed by atoms with Gasteiger partial charge in [-0.15, -0.1) is 11.8 Å².